The molecular weight excluding hydrogens is 236 g/mol. The van der Waals surface area contributed by atoms with Crippen LogP contribution in [0, 0.1) is 0 Å². The zero-order valence-corrected chi connectivity index (χ0v) is 11.2. The molecule has 18 heavy (non-hydrogen) atoms. The Bertz CT molecular complexity index is 298. The molecule has 0 radical (unpaired) electrons. The fraction of sp³-hybridized carbons (Fsp3) is 0.833. The number of carbonyl (C=O) groups excluding carboxylic acids is 2. The van der Waals surface area contributed by atoms with Gasteiger partial charge in [-0.25, -0.2) is 0 Å². The second-order valence-electron chi connectivity index (χ2n) is 4.79. The Morgan fingerprint density at radius 3 is 2.33 bits per heavy atom. The van der Waals surface area contributed by atoms with Gasteiger partial charge < -0.3 is 19.2 Å². The first-order valence-electron chi connectivity index (χ1n) is 6.31. The molecule has 1 aliphatic heterocycles. The molecule has 0 aromatic heterocycles. The van der Waals surface area contributed by atoms with Crippen molar-refractivity contribution in [1.29, 1.82) is 0 Å². The summed E-state index contributed by atoms with van der Waals surface area (Å²) in [5.41, 5.74) is 0. The third-order valence-electron chi connectivity index (χ3n) is 3.73. The topological polar surface area (TPSA) is 66.8 Å². The van der Waals surface area contributed by atoms with Gasteiger partial charge in [0, 0.05) is 6.92 Å². The zero-order valence-electron chi connectivity index (χ0n) is 11.2. The number of hydrogen-bond acceptors (Lipinski definition) is 4. The van der Waals surface area contributed by atoms with Crippen LogP contribution in [0.3, 0.4) is 0 Å². The molecule has 1 N–H and O–H groups in total. The van der Waals surface area contributed by atoms with Gasteiger partial charge in [0.1, 0.15) is 6.54 Å². The number of ether oxygens (including phenoxy) is 1. The minimum atomic E-state index is -0.223. The summed E-state index contributed by atoms with van der Waals surface area (Å²) in [4.78, 5) is 24.3. The molecule has 0 bridgehead atoms. The van der Waals surface area contributed by atoms with Crippen molar-refractivity contribution in [1.82, 2.24) is 4.90 Å². The van der Waals surface area contributed by atoms with Gasteiger partial charge in [0.05, 0.1) is 52.9 Å². The number of quaternary nitrogens is 1. The number of carbonyl (C=O) groups is 2. The number of amides is 1. The summed E-state index contributed by atoms with van der Waals surface area (Å²) >= 11 is 0. The molecule has 1 heterocycles. The minimum Gasteiger partial charge on any atom is -0.469 e. The van der Waals surface area contributed by atoms with Gasteiger partial charge in [-0.1, -0.05) is 0 Å². The van der Waals surface area contributed by atoms with E-state index in [0.717, 1.165) is 13.1 Å². The maximum atomic E-state index is 11.3. The second kappa shape index (κ2) is 6.70. The van der Waals surface area contributed by atoms with Crippen molar-refractivity contribution >= 4 is 11.9 Å². The van der Waals surface area contributed by atoms with Crippen LogP contribution in [0.15, 0.2) is 0 Å². The monoisotopic (exact) mass is 259 g/mol. The fourth-order valence-corrected chi connectivity index (χ4v) is 2.41. The molecule has 1 aliphatic rings. The number of piperazine rings is 1. The lowest BCUT2D eigenvalue weighted by atomic mass is 10.2. The Hall–Kier alpha value is -1.14. The van der Waals surface area contributed by atoms with Crippen LogP contribution in [0.25, 0.3) is 0 Å². The van der Waals surface area contributed by atoms with E-state index in [0.29, 0.717) is 37.1 Å². The highest BCUT2D eigenvalue weighted by atomic mass is 16.5. The van der Waals surface area contributed by atoms with E-state index < -0.39 is 0 Å². The summed E-state index contributed by atoms with van der Waals surface area (Å²) in [5.74, 6) is -0.135. The van der Waals surface area contributed by atoms with Gasteiger partial charge in [-0.3, -0.25) is 9.59 Å². The Morgan fingerprint density at radius 2 is 1.89 bits per heavy atom. The van der Waals surface area contributed by atoms with Crippen LogP contribution in [-0.4, -0.2) is 79.4 Å². The Kier molecular flexibility index (Phi) is 5.55. The fourth-order valence-electron chi connectivity index (χ4n) is 2.41. The summed E-state index contributed by atoms with van der Waals surface area (Å²) in [6.07, 6.45) is 0.358. The first-order chi connectivity index (χ1) is 8.53. The third kappa shape index (κ3) is 3.96. The highest BCUT2D eigenvalue weighted by Crippen LogP contribution is 2.14. The molecular formula is C12H23N2O4+. The molecule has 1 amide bonds. The summed E-state index contributed by atoms with van der Waals surface area (Å²) in [6, 6.07) is 0. The smallest absolute Gasteiger partial charge is 0.311 e. The standard InChI is InChI=1S/C12H23N2O4/c1-11(16)13-4-7-14(8-5-13,9-10-15)6-3-12(17)18-2/h15H,3-10H2,1-2H3/q+1. The SMILES string of the molecule is COC(=O)CC[N+]1(CCO)CCN(C(C)=O)CC1. The molecule has 1 rings (SSSR count). The van der Waals surface area contributed by atoms with Crippen molar-refractivity contribution < 1.29 is 23.9 Å². The van der Waals surface area contributed by atoms with Crippen LogP contribution in [-0.2, 0) is 14.3 Å². The van der Waals surface area contributed by atoms with Crippen LogP contribution in [0.2, 0.25) is 0 Å². The van der Waals surface area contributed by atoms with Gasteiger partial charge >= 0.3 is 5.97 Å². The molecule has 1 fully saturated rings. The van der Waals surface area contributed by atoms with E-state index in [9.17, 15) is 9.59 Å². The number of rotatable bonds is 5. The first-order valence-corrected chi connectivity index (χ1v) is 6.31. The minimum absolute atomic E-state index is 0.0877. The molecule has 0 aromatic carbocycles. The van der Waals surface area contributed by atoms with E-state index in [4.69, 9.17) is 5.11 Å². The van der Waals surface area contributed by atoms with Gasteiger partial charge in [0.15, 0.2) is 0 Å². The molecule has 104 valence electrons. The number of methoxy groups -OCH3 is 1. The molecule has 0 atom stereocenters. The molecule has 0 spiro atoms. The summed E-state index contributed by atoms with van der Waals surface area (Å²) in [5, 5.41) is 9.17. The van der Waals surface area contributed by atoms with Gasteiger partial charge in [-0.2, -0.15) is 0 Å². The van der Waals surface area contributed by atoms with Crippen molar-refractivity contribution in [2.24, 2.45) is 0 Å². The molecule has 6 heteroatoms. The average Bonchev–Trinajstić information content (AvgIpc) is 2.37. The van der Waals surface area contributed by atoms with Crippen LogP contribution in [0.1, 0.15) is 13.3 Å². The Morgan fingerprint density at radius 1 is 1.28 bits per heavy atom. The predicted molar refractivity (Wildman–Crippen MR) is 65.7 cm³/mol. The number of esters is 1. The lowest BCUT2D eigenvalue weighted by Gasteiger charge is -2.44. The normalized spacial score (nSPS) is 18.5. The second-order valence-corrected chi connectivity index (χ2v) is 4.79. The molecule has 1 saturated heterocycles. The van der Waals surface area contributed by atoms with Crippen LogP contribution < -0.4 is 0 Å². The van der Waals surface area contributed by atoms with Gasteiger partial charge in [0.25, 0.3) is 0 Å². The van der Waals surface area contributed by atoms with Crippen LogP contribution in [0.4, 0.5) is 0 Å². The number of aliphatic hydroxyl groups is 1. The maximum Gasteiger partial charge on any atom is 0.311 e. The van der Waals surface area contributed by atoms with Crippen molar-refractivity contribution in [3.05, 3.63) is 0 Å². The van der Waals surface area contributed by atoms with E-state index in [2.05, 4.69) is 4.74 Å². The van der Waals surface area contributed by atoms with E-state index >= 15 is 0 Å². The maximum absolute atomic E-state index is 11.3. The van der Waals surface area contributed by atoms with Crippen LogP contribution >= 0.6 is 0 Å². The highest BCUT2D eigenvalue weighted by Gasteiger charge is 2.33. The van der Waals surface area contributed by atoms with E-state index in [-0.39, 0.29) is 18.5 Å². The van der Waals surface area contributed by atoms with Gasteiger partial charge in [0.2, 0.25) is 5.91 Å². The lowest BCUT2D eigenvalue weighted by molar-refractivity contribution is -0.931. The molecule has 0 aromatic rings. The average molecular weight is 259 g/mol. The predicted octanol–water partition coefficient (Wildman–Crippen LogP) is -0.779. The number of nitrogens with zero attached hydrogens (tertiary/aromatic N) is 2. The lowest BCUT2D eigenvalue weighted by Crippen LogP contribution is -2.61. The Labute approximate surface area is 108 Å². The first kappa shape index (κ1) is 14.9. The molecule has 0 unspecified atom stereocenters. The van der Waals surface area contributed by atoms with Gasteiger partial charge in [-0.05, 0) is 0 Å². The summed E-state index contributed by atoms with van der Waals surface area (Å²) < 4.78 is 5.34. The number of hydrogen-bond donors (Lipinski definition) is 1. The van der Waals surface area contributed by atoms with E-state index in [1.54, 1.807) is 6.92 Å². The van der Waals surface area contributed by atoms with Crippen molar-refractivity contribution in [2.45, 2.75) is 13.3 Å². The summed E-state index contributed by atoms with van der Waals surface area (Å²) in [6.45, 7) is 5.92. The van der Waals surface area contributed by atoms with Crippen molar-refractivity contribution in [3.63, 3.8) is 0 Å². The van der Waals surface area contributed by atoms with Crippen LogP contribution in [0.5, 0.6) is 0 Å². The van der Waals surface area contributed by atoms with Crippen molar-refractivity contribution in [3.8, 4) is 0 Å². The van der Waals surface area contributed by atoms with Gasteiger partial charge in [-0.15, -0.1) is 0 Å². The molecule has 0 aliphatic carbocycles. The van der Waals surface area contributed by atoms with E-state index in [1.165, 1.54) is 7.11 Å². The summed E-state index contributed by atoms with van der Waals surface area (Å²) in [7, 11) is 1.38. The Balaban J connectivity index is 2.55. The van der Waals surface area contributed by atoms with E-state index in [1.807, 2.05) is 4.90 Å². The zero-order chi connectivity index (χ0) is 13.6. The molecule has 0 saturated carbocycles. The molecule has 6 nitrogen and oxygen atoms in total. The quantitative estimate of drug-likeness (QED) is 0.519. The highest BCUT2D eigenvalue weighted by molar-refractivity contribution is 5.73. The third-order valence-corrected chi connectivity index (χ3v) is 3.73. The largest absolute Gasteiger partial charge is 0.469 e. The van der Waals surface area contributed by atoms with Crippen molar-refractivity contribution in [2.75, 3.05) is 53.0 Å². The number of aliphatic hydroxyl groups excluding tert-OH is 1.